The van der Waals surface area contributed by atoms with Crippen LogP contribution in [0.2, 0.25) is 0 Å². The predicted molar refractivity (Wildman–Crippen MR) is 49.7 cm³/mol. The summed E-state index contributed by atoms with van der Waals surface area (Å²) in [4.78, 5) is 0. The van der Waals surface area contributed by atoms with Gasteiger partial charge in [-0.25, -0.2) is 9.53 Å². The van der Waals surface area contributed by atoms with Gasteiger partial charge in [-0.1, -0.05) is 6.07 Å². The van der Waals surface area contributed by atoms with Gasteiger partial charge in [-0.15, -0.1) is 0 Å². The van der Waals surface area contributed by atoms with E-state index < -0.39 is 16.0 Å². The van der Waals surface area contributed by atoms with Crippen LogP contribution in [0.3, 0.4) is 0 Å². The summed E-state index contributed by atoms with van der Waals surface area (Å²) in [5.74, 6) is -0.859. The van der Waals surface area contributed by atoms with Crippen LogP contribution in [0.15, 0.2) is 18.2 Å². The molecule has 0 fully saturated rings. The van der Waals surface area contributed by atoms with Gasteiger partial charge in [0.2, 0.25) is 0 Å². The highest BCUT2D eigenvalue weighted by Crippen LogP contribution is 2.24. The summed E-state index contributed by atoms with van der Waals surface area (Å²) in [6, 6.07) is 4.04. The SMILES string of the molecule is COc1cccc(NS(N)(=O)=O)c1F. The minimum absolute atomic E-state index is 0.0568. The molecule has 1 aromatic carbocycles. The molecule has 78 valence electrons. The van der Waals surface area contributed by atoms with Crippen LogP contribution >= 0.6 is 0 Å². The van der Waals surface area contributed by atoms with E-state index >= 15 is 0 Å². The number of hydrogen-bond donors (Lipinski definition) is 2. The third-order valence-electron chi connectivity index (χ3n) is 1.44. The van der Waals surface area contributed by atoms with Gasteiger partial charge in [0.05, 0.1) is 12.8 Å². The Morgan fingerprint density at radius 3 is 2.64 bits per heavy atom. The van der Waals surface area contributed by atoms with Crippen LogP contribution < -0.4 is 14.6 Å². The van der Waals surface area contributed by atoms with Gasteiger partial charge in [0.15, 0.2) is 11.6 Å². The molecule has 1 rings (SSSR count). The Morgan fingerprint density at radius 2 is 2.14 bits per heavy atom. The van der Waals surface area contributed by atoms with Crippen molar-refractivity contribution >= 4 is 15.9 Å². The Morgan fingerprint density at radius 1 is 1.50 bits per heavy atom. The smallest absolute Gasteiger partial charge is 0.296 e. The first kappa shape index (κ1) is 10.7. The van der Waals surface area contributed by atoms with Gasteiger partial charge >= 0.3 is 0 Å². The lowest BCUT2D eigenvalue weighted by atomic mass is 10.3. The summed E-state index contributed by atoms with van der Waals surface area (Å²) in [6.45, 7) is 0. The molecule has 5 nitrogen and oxygen atoms in total. The summed E-state index contributed by atoms with van der Waals surface area (Å²) in [5.41, 5.74) is -0.244. The average molecular weight is 220 g/mol. The molecule has 0 aliphatic heterocycles. The molecule has 0 saturated carbocycles. The van der Waals surface area contributed by atoms with E-state index in [1.807, 2.05) is 4.72 Å². The fraction of sp³-hybridized carbons (Fsp3) is 0.143. The van der Waals surface area contributed by atoms with Gasteiger partial charge in [0, 0.05) is 0 Å². The lowest BCUT2D eigenvalue weighted by Gasteiger charge is -2.07. The fourth-order valence-electron chi connectivity index (χ4n) is 0.901. The normalized spacial score (nSPS) is 11.1. The van der Waals surface area contributed by atoms with Gasteiger partial charge < -0.3 is 4.74 Å². The minimum atomic E-state index is -3.97. The Labute approximate surface area is 80.9 Å². The second kappa shape index (κ2) is 3.81. The van der Waals surface area contributed by atoms with E-state index in [2.05, 4.69) is 9.88 Å². The van der Waals surface area contributed by atoms with Crippen molar-refractivity contribution in [1.82, 2.24) is 0 Å². The van der Waals surface area contributed by atoms with Crippen LogP contribution in [0.4, 0.5) is 10.1 Å². The molecule has 0 aromatic heterocycles. The van der Waals surface area contributed by atoms with Gasteiger partial charge in [-0.05, 0) is 12.1 Å². The molecule has 1 aromatic rings. The Balaban J connectivity index is 3.10. The molecule has 0 aliphatic carbocycles. The number of hydrogen-bond acceptors (Lipinski definition) is 3. The van der Waals surface area contributed by atoms with Crippen molar-refractivity contribution < 1.29 is 17.5 Å². The van der Waals surface area contributed by atoms with Crippen LogP contribution in [0, 0.1) is 5.82 Å². The second-order valence-corrected chi connectivity index (χ2v) is 3.76. The molecule has 0 spiro atoms. The minimum Gasteiger partial charge on any atom is -0.494 e. The molecule has 0 unspecified atom stereocenters. The largest absolute Gasteiger partial charge is 0.494 e. The van der Waals surface area contributed by atoms with Gasteiger partial charge in [-0.2, -0.15) is 8.42 Å². The summed E-state index contributed by atoms with van der Waals surface area (Å²) in [5, 5.41) is 4.68. The Kier molecular flexibility index (Phi) is 2.92. The van der Waals surface area contributed by atoms with Crippen molar-refractivity contribution in [2.75, 3.05) is 11.8 Å². The molecule has 3 N–H and O–H groups in total. The van der Waals surface area contributed by atoms with Gasteiger partial charge in [0.1, 0.15) is 0 Å². The predicted octanol–water partition coefficient (Wildman–Crippen LogP) is 0.450. The van der Waals surface area contributed by atoms with Crippen molar-refractivity contribution in [2.24, 2.45) is 5.14 Å². The van der Waals surface area contributed by atoms with Crippen LogP contribution in [0.25, 0.3) is 0 Å². The van der Waals surface area contributed by atoms with Crippen molar-refractivity contribution in [2.45, 2.75) is 0 Å². The zero-order valence-corrected chi connectivity index (χ0v) is 8.14. The molecule has 0 atom stereocenters. The first-order chi connectivity index (χ1) is 6.44. The number of benzene rings is 1. The maximum atomic E-state index is 13.3. The summed E-state index contributed by atoms with van der Waals surface area (Å²) >= 11 is 0. The second-order valence-electron chi connectivity index (χ2n) is 2.47. The van der Waals surface area contributed by atoms with Crippen LogP contribution in [-0.4, -0.2) is 15.5 Å². The summed E-state index contributed by atoms with van der Waals surface area (Å²) in [7, 11) is -2.69. The summed E-state index contributed by atoms with van der Waals surface area (Å²) < 4.78 is 41.0. The highest BCUT2D eigenvalue weighted by atomic mass is 32.2. The van der Waals surface area contributed by atoms with Gasteiger partial charge in [-0.3, -0.25) is 4.72 Å². The number of nitrogens with two attached hydrogens (primary N) is 1. The van der Waals surface area contributed by atoms with Crippen molar-refractivity contribution in [3.05, 3.63) is 24.0 Å². The number of nitrogens with one attached hydrogen (secondary N) is 1. The van der Waals surface area contributed by atoms with Crippen molar-refractivity contribution in [1.29, 1.82) is 0 Å². The molecule has 0 amide bonds. The number of methoxy groups -OCH3 is 1. The number of anilines is 1. The third-order valence-corrected chi connectivity index (χ3v) is 1.94. The van der Waals surface area contributed by atoms with Crippen molar-refractivity contribution in [3.63, 3.8) is 0 Å². The number of ether oxygens (including phenoxy) is 1. The molecule has 0 saturated heterocycles. The zero-order chi connectivity index (χ0) is 10.8. The molecule has 0 bridgehead atoms. The highest BCUT2D eigenvalue weighted by molar-refractivity contribution is 7.90. The first-order valence-electron chi connectivity index (χ1n) is 3.57. The van der Waals surface area contributed by atoms with E-state index in [0.29, 0.717) is 0 Å². The fourth-order valence-corrected chi connectivity index (χ4v) is 1.36. The maximum Gasteiger partial charge on any atom is 0.296 e. The van der Waals surface area contributed by atoms with Crippen molar-refractivity contribution in [3.8, 4) is 5.75 Å². The molecule has 0 aliphatic rings. The molecule has 0 radical (unpaired) electrons. The van der Waals surface area contributed by atoms with Crippen LogP contribution in [-0.2, 0) is 10.2 Å². The van der Waals surface area contributed by atoms with E-state index in [4.69, 9.17) is 0 Å². The highest BCUT2D eigenvalue weighted by Gasteiger charge is 2.11. The lowest BCUT2D eigenvalue weighted by molar-refractivity contribution is 0.387. The van der Waals surface area contributed by atoms with E-state index in [0.717, 1.165) is 0 Å². The van der Waals surface area contributed by atoms with E-state index in [9.17, 15) is 12.8 Å². The zero-order valence-electron chi connectivity index (χ0n) is 7.32. The standard InChI is InChI=1S/C7H9FN2O3S/c1-13-6-4-2-3-5(7(6)8)10-14(9,11)12/h2-4,10H,1H3,(H2,9,11,12). The topological polar surface area (TPSA) is 81.4 Å². The van der Waals surface area contributed by atoms with E-state index in [1.54, 1.807) is 0 Å². The number of halogens is 1. The Bertz CT molecular complexity index is 433. The molecule has 7 heteroatoms. The van der Waals surface area contributed by atoms with Crippen LogP contribution in [0.1, 0.15) is 0 Å². The quantitative estimate of drug-likeness (QED) is 0.775. The molecule has 0 heterocycles. The Hall–Kier alpha value is -1.34. The first-order valence-corrected chi connectivity index (χ1v) is 5.11. The third kappa shape index (κ3) is 2.57. The maximum absolute atomic E-state index is 13.3. The lowest BCUT2D eigenvalue weighted by Crippen LogP contribution is -2.22. The molecule has 14 heavy (non-hydrogen) atoms. The van der Waals surface area contributed by atoms with E-state index in [1.165, 1.54) is 25.3 Å². The summed E-state index contributed by atoms with van der Waals surface area (Å²) in [6.07, 6.45) is 0. The van der Waals surface area contributed by atoms with Crippen LogP contribution in [0.5, 0.6) is 5.75 Å². The van der Waals surface area contributed by atoms with Gasteiger partial charge in [0.25, 0.3) is 10.2 Å². The molecular formula is C7H9FN2O3S. The number of rotatable bonds is 3. The molecular weight excluding hydrogens is 211 g/mol. The monoisotopic (exact) mass is 220 g/mol. The average Bonchev–Trinajstić information content (AvgIpc) is 2.06. The van der Waals surface area contributed by atoms with E-state index in [-0.39, 0.29) is 11.4 Å².